The van der Waals surface area contributed by atoms with Crippen LogP contribution in [0.3, 0.4) is 0 Å². The molecular formula is C17H19NO5S. The third-order valence-electron chi connectivity index (χ3n) is 3.07. The summed E-state index contributed by atoms with van der Waals surface area (Å²) >= 11 is 0. The normalized spacial score (nSPS) is 10.9. The molecule has 7 heteroatoms. The molecule has 0 saturated carbocycles. The van der Waals surface area contributed by atoms with Crippen molar-refractivity contribution >= 4 is 21.7 Å². The number of esters is 1. The highest BCUT2D eigenvalue weighted by Gasteiger charge is 2.14. The summed E-state index contributed by atoms with van der Waals surface area (Å²) in [5, 5.41) is 0. The standard InChI is InChI=1S/C17H19NO5S/c1-3-22-17(19)12-23-15-7-9-16(10-8-15)24(20,21)18-14-6-4-5-13(2)11-14/h4-11,18H,3,12H2,1-2H3. The van der Waals surface area contributed by atoms with Crippen molar-refractivity contribution < 1.29 is 22.7 Å². The van der Waals surface area contributed by atoms with E-state index in [1.807, 2.05) is 13.0 Å². The minimum Gasteiger partial charge on any atom is -0.482 e. The van der Waals surface area contributed by atoms with Gasteiger partial charge in [-0.3, -0.25) is 4.72 Å². The average molecular weight is 349 g/mol. The van der Waals surface area contributed by atoms with Gasteiger partial charge in [0.15, 0.2) is 6.61 Å². The lowest BCUT2D eigenvalue weighted by Gasteiger charge is -2.10. The van der Waals surface area contributed by atoms with Gasteiger partial charge in [-0.15, -0.1) is 0 Å². The molecule has 0 saturated heterocycles. The van der Waals surface area contributed by atoms with Crippen LogP contribution in [0.5, 0.6) is 5.75 Å². The summed E-state index contributed by atoms with van der Waals surface area (Å²) in [6.07, 6.45) is 0. The van der Waals surface area contributed by atoms with E-state index in [9.17, 15) is 13.2 Å². The van der Waals surface area contributed by atoms with Crippen molar-refractivity contribution in [1.82, 2.24) is 0 Å². The summed E-state index contributed by atoms with van der Waals surface area (Å²) in [4.78, 5) is 11.3. The molecular weight excluding hydrogens is 330 g/mol. The molecule has 0 aliphatic carbocycles. The van der Waals surface area contributed by atoms with Gasteiger partial charge in [0.05, 0.1) is 11.5 Å². The first-order valence-corrected chi connectivity index (χ1v) is 8.87. The van der Waals surface area contributed by atoms with E-state index in [0.29, 0.717) is 11.4 Å². The van der Waals surface area contributed by atoms with E-state index in [2.05, 4.69) is 4.72 Å². The summed E-state index contributed by atoms with van der Waals surface area (Å²) in [6, 6.07) is 12.9. The second-order valence-electron chi connectivity index (χ2n) is 5.04. The maximum atomic E-state index is 12.3. The van der Waals surface area contributed by atoms with E-state index in [1.54, 1.807) is 25.1 Å². The monoisotopic (exact) mass is 349 g/mol. The van der Waals surface area contributed by atoms with Crippen LogP contribution >= 0.6 is 0 Å². The average Bonchev–Trinajstić information content (AvgIpc) is 2.53. The molecule has 0 fully saturated rings. The molecule has 0 aromatic heterocycles. The topological polar surface area (TPSA) is 81.7 Å². The zero-order valence-electron chi connectivity index (χ0n) is 13.5. The Bertz CT molecular complexity index is 800. The van der Waals surface area contributed by atoms with Gasteiger partial charge < -0.3 is 9.47 Å². The van der Waals surface area contributed by atoms with Crippen molar-refractivity contribution in [3.05, 3.63) is 54.1 Å². The van der Waals surface area contributed by atoms with E-state index in [-0.39, 0.29) is 18.1 Å². The molecule has 24 heavy (non-hydrogen) atoms. The van der Waals surface area contributed by atoms with Gasteiger partial charge in [-0.2, -0.15) is 0 Å². The number of anilines is 1. The summed E-state index contributed by atoms with van der Waals surface area (Å²) in [7, 11) is -3.68. The molecule has 2 aromatic rings. The van der Waals surface area contributed by atoms with E-state index < -0.39 is 16.0 Å². The number of sulfonamides is 1. The predicted octanol–water partition coefficient (Wildman–Crippen LogP) is 2.74. The van der Waals surface area contributed by atoms with E-state index >= 15 is 0 Å². The van der Waals surface area contributed by atoms with Crippen molar-refractivity contribution in [1.29, 1.82) is 0 Å². The minimum absolute atomic E-state index is 0.104. The number of nitrogens with one attached hydrogen (secondary N) is 1. The van der Waals surface area contributed by atoms with Gasteiger partial charge in [0.25, 0.3) is 10.0 Å². The molecule has 2 rings (SSSR count). The Hall–Kier alpha value is -2.54. The largest absolute Gasteiger partial charge is 0.482 e. The Morgan fingerprint density at radius 2 is 1.83 bits per heavy atom. The van der Waals surface area contributed by atoms with Crippen LogP contribution in [0, 0.1) is 6.92 Å². The van der Waals surface area contributed by atoms with Crippen LogP contribution in [0.1, 0.15) is 12.5 Å². The van der Waals surface area contributed by atoms with Crippen molar-refractivity contribution in [2.45, 2.75) is 18.7 Å². The van der Waals surface area contributed by atoms with Crippen molar-refractivity contribution in [2.75, 3.05) is 17.9 Å². The van der Waals surface area contributed by atoms with Crippen LogP contribution in [0.25, 0.3) is 0 Å². The van der Waals surface area contributed by atoms with E-state index in [4.69, 9.17) is 9.47 Å². The zero-order chi connectivity index (χ0) is 17.6. The van der Waals surface area contributed by atoms with Gasteiger partial charge in [-0.05, 0) is 55.8 Å². The highest BCUT2D eigenvalue weighted by atomic mass is 32.2. The highest BCUT2D eigenvalue weighted by molar-refractivity contribution is 7.92. The van der Waals surface area contributed by atoms with Crippen LogP contribution in [0.15, 0.2) is 53.4 Å². The van der Waals surface area contributed by atoms with Gasteiger partial charge in [0.2, 0.25) is 0 Å². The number of ether oxygens (including phenoxy) is 2. The first kappa shape index (κ1) is 17.8. The number of carbonyl (C=O) groups excluding carboxylic acids is 1. The molecule has 128 valence electrons. The summed E-state index contributed by atoms with van der Waals surface area (Å²) in [5.41, 5.74) is 1.45. The SMILES string of the molecule is CCOC(=O)COc1ccc(S(=O)(=O)Nc2cccc(C)c2)cc1. The fourth-order valence-corrected chi connectivity index (χ4v) is 3.03. The van der Waals surface area contributed by atoms with Crippen molar-refractivity contribution in [3.8, 4) is 5.75 Å². The molecule has 2 aromatic carbocycles. The Labute approximate surface area is 141 Å². The number of rotatable bonds is 7. The van der Waals surface area contributed by atoms with Crippen molar-refractivity contribution in [3.63, 3.8) is 0 Å². The maximum absolute atomic E-state index is 12.3. The van der Waals surface area contributed by atoms with Crippen molar-refractivity contribution in [2.24, 2.45) is 0 Å². The minimum atomic E-state index is -3.68. The third kappa shape index (κ3) is 4.99. The van der Waals surface area contributed by atoms with Gasteiger partial charge in [-0.25, -0.2) is 13.2 Å². The lowest BCUT2D eigenvalue weighted by molar-refractivity contribution is -0.145. The smallest absolute Gasteiger partial charge is 0.344 e. The van der Waals surface area contributed by atoms with Crippen LogP contribution in [-0.2, 0) is 19.6 Å². The molecule has 0 aliphatic rings. The molecule has 0 unspecified atom stereocenters. The molecule has 0 spiro atoms. The Morgan fingerprint density at radius 3 is 2.46 bits per heavy atom. The fraction of sp³-hybridized carbons (Fsp3) is 0.235. The summed E-state index contributed by atoms with van der Waals surface area (Å²) < 4.78 is 37.2. The lowest BCUT2D eigenvalue weighted by atomic mass is 10.2. The molecule has 0 aliphatic heterocycles. The van der Waals surface area contributed by atoms with Crippen LogP contribution in [-0.4, -0.2) is 27.6 Å². The fourth-order valence-electron chi connectivity index (χ4n) is 1.98. The second-order valence-corrected chi connectivity index (χ2v) is 6.72. The first-order valence-electron chi connectivity index (χ1n) is 7.38. The highest BCUT2D eigenvalue weighted by Crippen LogP contribution is 2.20. The van der Waals surface area contributed by atoms with Crippen LogP contribution in [0.4, 0.5) is 5.69 Å². The Balaban J connectivity index is 2.04. The summed E-state index contributed by atoms with van der Waals surface area (Å²) in [6.45, 7) is 3.65. The van der Waals surface area contributed by atoms with E-state index in [1.165, 1.54) is 24.3 Å². The van der Waals surface area contributed by atoms with Crippen LogP contribution < -0.4 is 9.46 Å². The molecule has 6 nitrogen and oxygen atoms in total. The van der Waals surface area contributed by atoms with Gasteiger partial charge in [0.1, 0.15) is 5.75 Å². The predicted molar refractivity (Wildman–Crippen MR) is 90.6 cm³/mol. The number of aryl methyl sites for hydroxylation is 1. The van der Waals surface area contributed by atoms with Crippen LogP contribution in [0.2, 0.25) is 0 Å². The first-order chi connectivity index (χ1) is 11.4. The van der Waals surface area contributed by atoms with Gasteiger partial charge in [0, 0.05) is 5.69 Å². The van der Waals surface area contributed by atoms with Gasteiger partial charge >= 0.3 is 5.97 Å². The molecule has 1 N–H and O–H groups in total. The third-order valence-corrected chi connectivity index (χ3v) is 4.46. The lowest BCUT2D eigenvalue weighted by Crippen LogP contribution is -2.15. The molecule has 0 heterocycles. The molecule has 0 amide bonds. The van der Waals surface area contributed by atoms with Gasteiger partial charge in [-0.1, -0.05) is 12.1 Å². The Kier molecular flexibility index (Phi) is 5.81. The van der Waals surface area contributed by atoms with E-state index in [0.717, 1.165) is 5.56 Å². The second kappa shape index (κ2) is 7.83. The maximum Gasteiger partial charge on any atom is 0.344 e. The molecule has 0 bridgehead atoms. The Morgan fingerprint density at radius 1 is 1.12 bits per heavy atom. The number of carbonyl (C=O) groups is 1. The molecule has 0 atom stereocenters. The quantitative estimate of drug-likeness (QED) is 0.777. The number of hydrogen-bond donors (Lipinski definition) is 1. The molecule has 0 radical (unpaired) electrons. The number of benzene rings is 2. The summed E-state index contributed by atoms with van der Waals surface area (Å²) in [5.74, 6) is -0.0899. The zero-order valence-corrected chi connectivity index (χ0v) is 14.3. The number of hydrogen-bond acceptors (Lipinski definition) is 5.